The van der Waals surface area contributed by atoms with E-state index in [0.717, 1.165) is 32.6 Å². The van der Waals surface area contributed by atoms with Gasteiger partial charge in [-0.25, -0.2) is 8.78 Å². The monoisotopic (exact) mass is 318 g/mol. The van der Waals surface area contributed by atoms with Crippen LogP contribution in [0.1, 0.15) is 37.4 Å². The maximum Gasteiger partial charge on any atom is 0.163 e. The fraction of sp³-hybridized carbons (Fsp3) is 0.625. The standard InChI is InChI=1S/C16H24F2N2.ClH/c1-11(2)10-14(20-8-6-19-7-9-20)13-5-4-12(3)15(17)16(13)18;/h4-5,11,14,19H,6-10H2,1-3H3;1H/t14-;/m0./s1. The second-order valence-electron chi connectivity index (χ2n) is 6.03. The lowest BCUT2D eigenvalue weighted by Crippen LogP contribution is -2.45. The second-order valence-corrected chi connectivity index (χ2v) is 6.03. The summed E-state index contributed by atoms with van der Waals surface area (Å²) in [6, 6.07) is 3.40. The Hall–Kier alpha value is -0.710. The fourth-order valence-corrected chi connectivity index (χ4v) is 2.83. The highest BCUT2D eigenvalue weighted by Crippen LogP contribution is 2.31. The molecule has 1 aliphatic heterocycles. The van der Waals surface area contributed by atoms with Gasteiger partial charge in [0.25, 0.3) is 0 Å². The molecule has 0 unspecified atom stereocenters. The van der Waals surface area contributed by atoms with Gasteiger partial charge >= 0.3 is 0 Å². The third kappa shape index (κ3) is 4.38. The van der Waals surface area contributed by atoms with Crippen LogP contribution in [0.2, 0.25) is 0 Å². The van der Waals surface area contributed by atoms with E-state index in [1.165, 1.54) is 0 Å². The zero-order valence-corrected chi connectivity index (χ0v) is 13.8. The summed E-state index contributed by atoms with van der Waals surface area (Å²) in [5.74, 6) is -0.931. The van der Waals surface area contributed by atoms with Crippen LogP contribution in [0.4, 0.5) is 8.78 Å². The summed E-state index contributed by atoms with van der Waals surface area (Å²) < 4.78 is 28.2. The molecule has 1 N–H and O–H groups in total. The molecule has 2 rings (SSSR count). The van der Waals surface area contributed by atoms with Crippen LogP contribution in [0, 0.1) is 24.5 Å². The summed E-state index contributed by atoms with van der Waals surface area (Å²) in [5.41, 5.74) is 0.874. The first-order valence-corrected chi connectivity index (χ1v) is 7.40. The first-order chi connectivity index (χ1) is 9.50. The molecule has 1 aromatic carbocycles. The number of hydrogen-bond donors (Lipinski definition) is 1. The Balaban J connectivity index is 0.00000220. The molecule has 1 heterocycles. The van der Waals surface area contributed by atoms with E-state index < -0.39 is 11.6 Å². The Kier molecular flexibility index (Phi) is 7.04. The topological polar surface area (TPSA) is 15.3 Å². The molecule has 1 fully saturated rings. The minimum Gasteiger partial charge on any atom is -0.314 e. The van der Waals surface area contributed by atoms with Crippen LogP contribution in [0.3, 0.4) is 0 Å². The molecule has 1 saturated heterocycles. The van der Waals surface area contributed by atoms with Crippen molar-refractivity contribution in [1.29, 1.82) is 0 Å². The van der Waals surface area contributed by atoms with Gasteiger partial charge < -0.3 is 5.32 Å². The molecule has 0 aliphatic carbocycles. The van der Waals surface area contributed by atoms with E-state index in [-0.39, 0.29) is 18.4 Å². The highest BCUT2D eigenvalue weighted by molar-refractivity contribution is 5.85. The lowest BCUT2D eigenvalue weighted by Gasteiger charge is -2.36. The van der Waals surface area contributed by atoms with Gasteiger partial charge in [-0.1, -0.05) is 26.0 Å². The third-order valence-corrected chi connectivity index (χ3v) is 3.95. The number of rotatable bonds is 4. The van der Waals surface area contributed by atoms with E-state index in [9.17, 15) is 8.78 Å². The number of benzene rings is 1. The third-order valence-electron chi connectivity index (χ3n) is 3.95. The van der Waals surface area contributed by atoms with Gasteiger partial charge in [0.2, 0.25) is 0 Å². The second kappa shape index (κ2) is 8.06. The van der Waals surface area contributed by atoms with Gasteiger partial charge in [-0.05, 0) is 24.8 Å². The van der Waals surface area contributed by atoms with Crippen molar-refractivity contribution in [2.24, 2.45) is 5.92 Å². The largest absolute Gasteiger partial charge is 0.314 e. The summed E-state index contributed by atoms with van der Waals surface area (Å²) in [5, 5.41) is 3.30. The quantitative estimate of drug-likeness (QED) is 0.911. The zero-order valence-electron chi connectivity index (χ0n) is 13.0. The van der Waals surface area contributed by atoms with Gasteiger partial charge in [-0.2, -0.15) is 0 Å². The van der Waals surface area contributed by atoms with Crippen molar-refractivity contribution in [3.05, 3.63) is 34.9 Å². The SMILES string of the molecule is Cc1ccc([C@H](CC(C)C)N2CCNCC2)c(F)c1F.Cl. The molecule has 0 bridgehead atoms. The van der Waals surface area contributed by atoms with Crippen LogP contribution in [0.25, 0.3) is 0 Å². The number of piperazine rings is 1. The molecule has 5 heteroatoms. The van der Waals surface area contributed by atoms with Crippen molar-refractivity contribution in [2.75, 3.05) is 26.2 Å². The van der Waals surface area contributed by atoms with Crippen LogP contribution in [0.15, 0.2) is 12.1 Å². The van der Waals surface area contributed by atoms with E-state index in [1.807, 2.05) is 0 Å². The van der Waals surface area contributed by atoms with Gasteiger partial charge in [0.15, 0.2) is 11.6 Å². The Morgan fingerprint density at radius 2 is 1.76 bits per heavy atom. The van der Waals surface area contributed by atoms with E-state index in [0.29, 0.717) is 17.0 Å². The molecule has 2 nitrogen and oxygen atoms in total. The van der Waals surface area contributed by atoms with E-state index in [2.05, 4.69) is 24.1 Å². The van der Waals surface area contributed by atoms with Crippen molar-refractivity contribution in [3.63, 3.8) is 0 Å². The number of nitrogens with one attached hydrogen (secondary N) is 1. The molecule has 1 aliphatic rings. The molecule has 0 radical (unpaired) electrons. The van der Waals surface area contributed by atoms with Crippen LogP contribution < -0.4 is 5.32 Å². The Labute approximate surface area is 132 Å². The number of hydrogen-bond acceptors (Lipinski definition) is 2. The van der Waals surface area contributed by atoms with Crippen LogP contribution in [-0.4, -0.2) is 31.1 Å². The summed E-state index contributed by atoms with van der Waals surface area (Å²) >= 11 is 0. The van der Waals surface area contributed by atoms with Crippen molar-refractivity contribution in [3.8, 4) is 0 Å². The van der Waals surface area contributed by atoms with Crippen molar-refractivity contribution < 1.29 is 8.78 Å². The smallest absolute Gasteiger partial charge is 0.163 e. The fourth-order valence-electron chi connectivity index (χ4n) is 2.83. The van der Waals surface area contributed by atoms with Gasteiger partial charge in [-0.3, -0.25) is 4.90 Å². The first kappa shape index (κ1) is 18.3. The molecule has 0 amide bonds. The van der Waals surface area contributed by atoms with Crippen LogP contribution in [0.5, 0.6) is 0 Å². The van der Waals surface area contributed by atoms with Crippen molar-refractivity contribution in [1.82, 2.24) is 10.2 Å². The molecule has 0 spiro atoms. The maximum absolute atomic E-state index is 14.3. The lowest BCUT2D eigenvalue weighted by molar-refractivity contribution is 0.150. The number of halogens is 3. The lowest BCUT2D eigenvalue weighted by atomic mass is 9.93. The Morgan fingerprint density at radius 1 is 1.14 bits per heavy atom. The molecule has 0 saturated carbocycles. The molecule has 1 aromatic rings. The summed E-state index contributed by atoms with van der Waals surface area (Å²) in [4.78, 5) is 2.27. The Bertz CT molecular complexity index is 460. The molecular formula is C16H25ClF2N2. The van der Waals surface area contributed by atoms with E-state index in [4.69, 9.17) is 0 Å². The molecule has 120 valence electrons. The minimum atomic E-state index is -0.702. The zero-order chi connectivity index (χ0) is 14.7. The predicted molar refractivity (Wildman–Crippen MR) is 85.0 cm³/mol. The van der Waals surface area contributed by atoms with Gasteiger partial charge in [0.05, 0.1) is 0 Å². The predicted octanol–water partition coefficient (Wildman–Crippen LogP) is 3.69. The average Bonchev–Trinajstić information content (AvgIpc) is 2.44. The minimum absolute atomic E-state index is 0. The first-order valence-electron chi connectivity index (χ1n) is 7.40. The highest BCUT2D eigenvalue weighted by Gasteiger charge is 2.27. The average molecular weight is 319 g/mol. The summed E-state index contributed by atoms with van der Waals surface area (Å²) in [6.45, 7) is 9.42. The van der Waals surface area contributed by atoms with Gasteiger partial charge in [0, 0.05) is 37.8 Å². The maximum atomic E-state index is 14.3. The molecule has 1 atom stereocenters. The number of nitrogens with zero attached hydrogens (tertiary/aromatic N) is 1. The van der Waals surface area contributed by atoms with Crippen molar-refractivity contribution >= 4 is 12.4 Å². The summed E-state index contributed by atoms with van der Waals surface area (Å²) in [7, 11) is 0. The molecule has 21 heavy (non-hydrogen) atoms. The highest BCUT2D eigenvalue weighted by atomic mass is 35.5. The van der Waals surface area contributed by atoms with E-state index in [1.54, 1.807) is 19.1 Å². The molecular weight excluding hydrogens is 294 g/mol. The van der Waals surface area contributed by atoms with Crippen molar-refractivity contribution in [2.45, 2.75) is 33.2 Å². The normalized spacial score (nSPS) is 17.6. The van der Waals surface area contributed by atoms with E-state index >= 15 is 0 Å². The van der Waals surface area contributed by atoms with Crippen LogP contribution in [-0.2, 0) is 0 Å². The van der Waals surface area contributed by atoms with Gasteiger partial charge in [-0.15, -0.1) is 12.4 Å². The molecule has 0 aromatic heterocycles. The summed E-state index contributed by atoms with van der Waals surface area (Å²) in [6.07, 6.45) is 0.847. The number of aryl methyl sites for hydroxylation is 1. The Morgan fingerprint density at radius 3 is 2.33 bits per heavy atom. The van der Waals surface area contributed by atoms with Gasteiger partial charge in [0.1, 0.15) is 0 Å². The van der Waals surface area contributed by atoms with Crippen LogP contribution >= 0.6 is 12.4 Å².